The minimum atomic E-state index is -1.05. The molecule has 31 heavy (non-hydrogen) atoms. The van der Waals surface area contributed by atoms with Crippen LogP contribution in [0.1, 0.15) is 25.3 Å². The van der Waals surface area contributed by atoms with Gasteiger partial charge in [-0.05, 0) is 25.5 Å². The Bertz CT molecular complexity index is 989. The van der Waals surface area contributed by atoms with Gasteiger partial charge in [-0.25, -0.2) is 28.3 Å². The summed E-state index contributed by atoms with van der Waals surface area (Å²) in [6, 6.07) is 3.82. The van der Waals surface area contributed by atoms with E-state index in [9.17, 15) is 13.6 Å². The Balaban J connectivity index is 1.98. The van der Waals surface area contributed by atoms with E-state index in [2.05, 4.69) is 10.3 Å². The summed E-state index contributed by atoms with van der Waals surface area (Å²) in [6.45, 7) is 3.81. The minimum Gasteiger partial charge on any atom is -0.382 e. The van der Waals surface area contributed by atoms with Gasteiger partial charge in [0.25, 0.3) is 0 Å². The molecule has 0 radical (unpaired) electrons. The maximum atomic E-state index is 14.8. The first-order valence-corrected chi connectivity index (χ1v) is 9.49. The Kier molecular flexibility index (Phi) is 7.50. The molecule has 1 aliphatic rings. The maximum Gasteiger partial charge on any atom is 0.362 e. The predicted molar refractivity (Wildman–Crippen MR) is 105 cm³/mol. The molecule has 2 aromatic rings. The SMILES string of the molecule is COCCOOCC1=C(C)NC(C)=C(C(=O)On2ccnc2)C1c1cccc(F)c1F. The number of dihydropyridines is 1. The smallest absolute Gasteiger partial charge is 0.362 e. The van der Waals surface area contributed by atoms with Crippen LogP contribution in [0.4, 0.5) is 8.78 Å². The van der Waals surface area contributed by atoms with Crippen molar-refractivity contribution in [2.45, 2.75) is 19.8 Å². The second-order valence-electron chi connectivity index (χ2n) is 6.77. The highest BCUT2D eigenvalue weighted by Gasteiger charge is 2.36. The highest BCUT2D eigenvalue weighted by Crippen LogP contribution is 2.39. The van der Waals surface area contributed by atoms with E-state index < -0.39 is 23.5 Å². The van der Waals surface area contributed by atoms with Crippen molar-refractivity contribution >= 4 is 5.97 Å². The third kappa shape index (κ3) is 5.16. The fraction of sp³-hybridized carbons (Fsp3) is 0.333. The molecule has 1 aliphatic heterocycles. The van der Waals surface area contributed by atoms with Gasteiger partial charge in [0, 0.05) is 36.2 Å². The third-order valence-electron chi connectivity index (χ3n) is 4.75. The molecule has 2 heterocycles. The van der Waals surface area contributed by atoms with Crippen molar-refractivity contribution in [1.82, 2.24) is 15.0 Å². The summed E-state index contributed by atoms with van der Waals surface area (Å²) in [5.41, 5.74) is 1.65. The Morgan fingerprint density at radius 3 is 2.71 bits per heavy atom. The highest BCUT2D eigenvalue weighted by molar-refractivity contribution is 5.92. The van der Waals surface area contributed by atoms with Gasteiger partial charge in [-0.15, -0.1) is 0 Å². The molecular formula is C21H23F2N3O5. The number of nitrogens with one attached hydrogen (secondary N) is 1. The van der Waals surface area contributed by atoms with Crippen molar-refractivity contribution in [2.75, 3.05) is 26.9 Å². The summed E-state index contributed by atoms with van der Waals surface area (Å²) >= 11 is 0. The van der Waals surface area contributed by atoms with Gasteiger partial charge in [-0.2, -0.15) is 4.73 Å². The highest BCUT2D eigenvalue weighted by atomic mass is 19.2. The van der Waals surface area contributed by atoms with Crippen molar-refractivity contribution in [3.63, 3.8) is 0 Å². The number of nitrogens with zero attached hydrogens (tertiary/aromatic N) is 2. The van der Waals surface area contributed by atoms with E-state index in [1.807, 2.05) is 0 Å². The summed E-state index contributed by atoms with van der Waals surface area (Å²) in [5.74, 6) is -3.79. The normalized spacial score (nSPS) is 16.5. The standard InChI is InChI=1S/C21H23F2N3O5/c1-13-16(11-30-29-10-9-28-3)19(15-5-4-6-17(22)20(15)23)18(14(2)25-13)21(27)31-26-8-7-24-12-26/h4-8,12,19,25H,9-11H2,1-3H3. The molecule has 1 N–H and O–H groups in total. The van der Waals surface area contributed by atoms with Crippen LogP contribution in [0.25, 0.3) is 0 Å². The molecule has 0 aliphatic carbocycles. The molecule has 0 fully saturated rings. The minimum absolute atomic E-state index is 0.0201. The van der Waals surface area contributed by atoms with E-state index in [1.165, 1.54) is 38.0 Å². The number of allylic oxidation sites excluding steroid dienone is 2. The lowest BCUT2D eigenvalue weighted by Gasteiger charge is -2.31. The van der Waals surface area contributed by atoms with Crippen molar-refractivity contribution in [1.29, 1.82) is 0 Å². The zero-order chi connectivity index (χ0) is 22.4. The van der Waals surface area contributed by atoms with E-state index in [0.717, 1.165) is 10.8 Å². The average Bonchev–Trinajstić information content (AvgIpc) is 3.24. The number of carbonyl (C=O) groups excluding carboxylic acids is 1. The van der Waals surface area contributed by atoms with Gasteiger partial charge in [0.05, 0.1) is 18.4 Å². The van der Waals surface area contributed by atoms with Gasteiger partial charge >= 0.3 is 5.97 Å². The van der Waals surface area contributed by atoms with Gasteiger partial charge in [-0.1, -0.05) is 12.1 Å². The van der Waals surface area contributed by atoms with E-state index >= 15 is 0 Å². The van der Waals surface area contributed by atoms with Gasteiger partial charge in [0.2, 0.25) is 0 Å². The van der Waals surface area contributed by atoms with Crippen LogP contribution in [0.2, 0.25) is 0 Å². The van der Waals surface area contributed by atoms with E-state index in [4.69, 9.17) is 19.3 Å². The summed E-state index contributed by atoms with van der Waals surface area (Å²) in [7, 11) is 1.52. The molecule has 0 saturated carbocycles. The van der Waals surface area contributed by atoms with E-state index in [0.29, 0.717) is 23.6 Å². The molecule has 0 bridgehead atoms. The molecule has 1 aromatic carbocycles. The van der Waals surface area contributed by atoms with Crippen LogP contribution in [-0.4, -0.2) is 42.6 Å². The predicted octanol–water partition coefficient (Wildman–Crippen LogP) is 2.65. The molecule has 3 rings (SSSR count). The van der Waals surface area contributed by atoms with Crippen LogP contribution in [0, 0.1) is 11.6 Å². The third-order valence-corrected chi connectivity index (χ3v) is 4.75. The first kappa shape index (κ1) is 22.6. The molecule has 1 atom stereocenters. The number of rotatable bonds is 9. The molecule has 8 nitrogen and oxygen atoms in total. The number of imidazole rings is 1. The van der Waals surface area contributed by atoms with Crippen LogP contribution in [0.5, 0.6) is 0 Å². The van der Waals surface area contributed by atoms with Crippen LogP contribution < -0.4 is 10.2 Å². The average molecular weight is 435 g/mol. The van der Waals surface area contributed by atoms with Gasteiger partial charge in [0.1, 0.15) is 19.5 Å². The van der Waals surface area contributed by atoms with Crippen LogP contribution >= 0.6 is 0 Å². The molecule has 1 aromatic heterocycles. The first-order valence-electron chi connectivity index (χ1n) is 9.49. The number of hydrogen-bond donors (Lipinski definition) is 1. The summed E-state index contributed by atoms with van der Waals surface area (Å²) in [5, 5.41) is 3.08. The number of halogens is 2. The van der Waals surface area contributed by atoms with Crippen LogP contribution in [0.15, 0.2) is 59.5 Å². The number of methoxy groups -OCH3 is 1. The summed E-state index contributed by atoms with van der Waals surface area (Å²) < 4.78 is 34.9. The maximum absolute atomic E-state index is 14.8. The topological polar surface area (TPSA) is 83.8 Å². The van der Waals surface area contributed by atoms with Gasteiger partial charge in [0.15, 0.2) is 11.6 Å². The Morgan fingerprint density at radius 2 is 2.00 bits per heavy atom. The molecule has 0 spiro atoms. The van der Waals surface area contributed by atoms with Crippen molar-refractivity contribution in [3.8, 4) is 0 Å². The fourth-order valence-corrected chi connectivity index (χ4v) is 3.31. The van der Waals surface area contributed by atoms with Crippen molar-refractivity contribution in [3.05, 3.63) is 76.7 Å². The lowest BCUT2D eigenvalue weighted by atomic mass is 9.80. The zero-order valence-corrected chi connectivity index (χ0v) is 17.4. The number of hydrogen-bond acceptors (Lipinski definition) is 7. The van der Waals surface area contributed by atoms with Crippen LogP contribution in [0.3, 0.4) is 0 Å². The second kappa shape index (κ2) is 10.3. The lowest BCUT2D eigenvalue weighted by molar-refractivity contribution is -0.292. The zero-order valence-electron chi connectivity index (χ0n) is 17.4. The van der Waals surface area contributed by atoms with Crippen molar-refractivity contribution in [2.24, 2.45) is 0 Å². The molecule has 0 saturated heterocycles. The number of aromatic nitrogens is 2. The quantitative estimate of drug-likeness (QED) is 0.368. The summed E-state index contributed by atoms with van der Waals surface area (Å²) in [6.07, 6.45) is 4.19. The number of ether oxygens (including phenoxy) is 1. The largest absolute Gasteiger partial charge is 0.382 e. The Morgan fingerprint density at radius 1 is 1.19 bits per heavy atom. The fourth-order valence-electron chi connectivity index (χ4n) is 3.31. The number of carbonyl (C=O) groups is 1. The Labute approximate surface area is 178 Å². The molecule has 1 unspecified atom stereocenters. The van der Waals surface area contributed by atoms with E-state index in [1.54, 1.807) is 13.8 Å². The van der Waals surface area contributed by atoms with Gasteiger partial charge < -0.3 is 14.9 Å². The summed E-state index contributed by atoms with van der Waals surface area (Å²) in [4.78, 5) is 32.5. The van der Waals surface area contributed by atoms with Gasteiger partial charge in [-0.3, -0.25) is 0 Å². The monoisotopic (exact) mass is 435 g/mol. The lowest BCUT2D eigenvalue weighted by Crippen LogP contribution is -2.34. The van der Waals surface area contributed by atoms with Crippen LogP contribution in [-0.2, 0) is 19.3 Å². The molecular weight excluding hydrogens is 412 g/mol. The molecule has 10 heteroatoms. The molecule has 166 valence electrons. The Hall–Kier alpha value is -3.08. The van der Waals surface area contributed by atoms with Crippen molar-refractivity contribution < 1.29 is 32.9 Å². The molecule has 0 amide bonds. The second-order valence-corrected chi connectivity index (χ2v) is 6.77. The van der Waals surface area contributed by atoms with E-state index in [-0.39, 0.29) is 24.4 Å². The number of benzene rings is 1. The first-order chi connectivity index (χ1) is 14.9.